The minimum absolute atomic E-state index is 0.209. The molecular weight excluding hydrogens is 273 g/mol. The van der Waals surface area contributed by atoms with Gasteiger partial charge in [-0.15, -0.1) is 0 Å². The van der Waals surface area contributed by atoms with Gasteiger partial charge in [0, 0.05) is 6.04 Å². The van der Waals surface area contributed by atoms with Gasteiger partial charge in [-0.1, -0.05) is 49.8 Å². The van der Waals surface area contributed by atoms with Crippen LogP contribution in [-0.4, -0.2) is 13.1 Å². The van der Waals surface area contributed by atoms with E-state index in [2.05, 4.69) is 5.32 Å². The third kappa shape index (κ3) is 4.46. The summed E-state index contributed by atoms with van der Waals surface area (Å²) in [4.78, 5) is 0. The zero-order chi connectivity index (χ0) is 14.4. The summed E-state index contributed by atoms with van der Waals surface area (Å²) in [6.45, 7) is 0. The van der Waals surface area contributed by atoms with Crippen molar-refractivity contribution in [3.05, 3.63) is 34.6 Å². The third-order valence-corrected chi connectivity index (χ3v) is 4.84. The van der Waals surface area contributed by atoms with Crippen molar-refractivity contribution in [1.82, 2.24) is 5.32 Å². The Morgan fingerprint density at radius 3 is 2.45 bits per heavy atom. The van der Waals surface area contributed by atoms with Crippen molar-refractivity contribution < 1.29 is 4.39 Å². The van der Waals surface area contributed by atoms with Crippen LogP contribution in [0.1, 0.15) is 50.5 Å². The zero-order valence-corrected chi connectivity index (χ0v) is 13.1. The summed E-state index contributed by atoms with van der Waals surface area (Å²) in [5.74, 6) is 0.399. The topological polar surface area (TPSA) is 12.0 Å². The smallest absolute Gasteiger partial charge is 0.142 e. The largest absolute Gasteiger partial charge is 0.316 e. The number of nitrogens with one attached hydrogen (secondary N) is 1. The van der Waals surface area contributed by atoms with Gasteiger partial charge in [-0.05, 0) is 49.9 Å². The number of rotatable bonds is 4. The Labute approximate surface area is 126 Å². The maximum Gasteiger partial charge on any atom is 0.142 e. The molecule has 0 spiro atoms. The zero-order valence-electron chi connectivity index (χ0n) is 12.3. The average Bonchev–Trinajstić information content (AvgIpc) is 2.40. The summed E-state index contributed by atoms with van der Waals surface area (Å²) in [5.41, 5.74) is 1.04. The molecule has 1 aliphatic carbocycles. The van der Waals surface area contributed by atoms with E-state index < -0.39 is 0 Å². The molecular formula is C17H25ClFN. The first kappa shape index (κ1) is 15.8. The van der Waals surface area contributed by atoms with E-state index in [1.54, 1.807) is 12.1 Å². The molecule has 1 aliphatic rings. The highest BCUT2D eigenvalue weighted by atomic mass is 35.5. The second-order valence-corrected chi connectivity index (χ2v) is 6.36. The molecule has 2 rings (SSSR count). The lowest BCUT2D eigenvalue weighted by molar-refractivity contribution is 0.293. The molecule has 1 atom stereocenters. The predicted octanol–water partition coefficient (Wildman–Crippen LogP) is 4.97. The van der Waals surface area contributed by atoms with E-state index in [9.17, 15) is 4.39 Å². The quantitative estimate of drug-likeness (QED) is 0.827. The molecule has 1 aromatic carbocycles. The fourth-order valence-corrected chi connectivity index (χ4v) is 3.43. The van der Waals surface area contributed by atoms with E-state index in [1.807, 2.05) is 13.1 Å². The summed E-state index contributed by atoms with van der Waals surface area (Å²) in [6.07, 6.45) is 10.2. The minimum atomic E-state index is -0.309. The van der Waals surface area contributed by atoms with Crippen molar-refractivity contribution >= 4 is 11.6 Å². The molecule has 0 radical (unpaired) electrons. The Morgan fingerprint density at radius 2 is 1.85 bits per heavy atom. The van der Waals surface area contributed by atoms with Crippen LogP contribution in [0.2, 0.25) is 5.02 Å². The molecule has 1 nitrogen and oxygen atoms in total. The Bertz CT molecular complexity index is 413. The molecule has 20 heavy (non-hydrogen) atoms. The van der Waals surface area contributed by atoms with Crippen LogP contribution in [0.5, 0.6) is 0 Å². The molecule has 0 saturated heterocycles. The fraction of sp³-hybridized carbons (Fsp3) is 0.647. The van der Waals surface area contributed by atoms with Crippen molar-refractivity contribution in [3.63, 3.8) is 0 Å². The molecule has 1 fully saturated rings. The lowest BCUT2D eigenvalue weighted by Crippen LogP contribution is -2.36. The summed E-state index contributed by atoms with van der Waals surface area (Å²) in [6, 6.07) is 5.62. The molecule has 3 heteroatoms. The molecule has 112 valence electrons. The van der Waals surface area contributed by atoms with E-state index in [4.69, 9.17) is 11.6 Å². The van der Waals surface area contributed by atoms with Gasteiger partial charge in [0.2, 0.25) is 0 Å². The van der Waals surface area contributed by atoms with Crippen LogP contribution in [0.25, 0.3) is 0 Å². The van der Waals surface area contributed by atoms with Gasteiger partial charge in [0.25, 0.3) is 0 Å². The molecule has 0 aromatic heterocycles. The van der Waals surface area contributed by atoms with Gasteiger partial charge >= 0.3 is 0 Å². The van der Waals surface area contributed by atoms with Gasteiger partial charge in [-0.3, -0.25) is 0 Å². The Hall–Kier alpha value is -0.600. The van der Waals surface area contributed by atoms with Crippen molar-refractivity contribution in [2.75, 3.05) is 7.05 Å². The van der Waals surface area contributed by atoms with Gasteiger partial charge in [0.05, 0.1) is 5.02 Å². The lowest BCUT2D eigenvalue weighted by atomic mass is 9.83. The van der Waals surface area contributed by atoms with E-state index in [1.165, 1.54) is 44.9 Å². The number of halogens is 2. The monoisotopic (exact) mass is 297 g/mol. The molecule has 1 N–H and O–H groups in total. The van der Waals surface area contributed by atoms with Crippen molar-refractivity contribution in [2.45, 2.75) is 57.4 Å². The van der Waals surface area contributed by atoms with Crippen molar-refractivity contribution in [2.24, 2.45) is 5.92 Å². The van der Waals surface area contributed by atoms with Crippen LogP contribution in [0.15, 0.2) is 18.2 Å². The van der Waals surface area contributed by atoms with Crippen LogP contribution in [0, 0.1) is 11.7 Å². The highest BCUT2D eigenvalue weighted by Crippen LogP contribution is 2.27. The number of hydrogen-bond donors (Lipinski definition) is 1. The number of likely N-dealkylation sites (N-methyl/N-ethyl adjacent to an activating group) is 1. The van der Waals surface area contributed by atoms with Gasteiger partial charge < -0.3 is 5.32 Å². The number of benzene rings is 1. The first-order valence-corrected chi connectivity index (χ1v) is 8.19. The molecule has 1 aromatic rings. The SMILES string of the molecule is CNC(Cc1ccc(Cl)c(F)c1)C1CCCCCCC1. The molecule has 1 saturated carbocycles. The van der Waals surface area contributed by atoms with Crippen LogP contribution in [0.3, 0.4) is 0 Å². The van der Waals surface area contributed by atoms with Crippen molar-refractivity contribution in [1.29, 1.82) is 0 Å². The lowest BCUT2D eigenvalue weighted by Gasteiger charge is -2.28. The summed E-state index contributed by atoms with van der Waals surface area (Å²) < 4.78 is 13.5. The normalized spacial score (nSPS) is 19.4. The van der Waals surface area contributed by atoms with E-state index in [0.29, 0.717) is 12.0 Å². The van der Waals surface area contributed by atoms with Crippen LogP contribution in [-0.2, 0) is 6.42 Å². The predicted molar refractivity (Wildman–Crippen MR) is 83.8 cm³/mol. The Balaban J connectivity index is 2.00. The fourth-order valence-electron chi connectivity index (χ4n) is 3.32. The first-order chi connectivity index (χ1) is 9.70. The molecule has 0 aliphatic heterocycles. The Morgan fingerprint density at radius 1 is 1.20 bits per heavy atom. The van der Waals surface area contributed by atoms with Crippen LogP contribution in [0.4, 0.5) is 4.39 Å². The summed E-state index contributed by atoms with van der Waals surface area (Å²) in [5, 5.41) is 3.66. The minimum Gasteiger partial charge on any atom is -0.316 e. The summed E-state index contributed by atoms with van der Waals surface area (Å²) in [7, 11) is 2.02. The standard InChI is InChI=1S/C17H25ClFN/c1-20-17(14-7-5-3-2-4-6-8-14)12-13-9-10-15(18)16(19)11-13/h9-11,14,17,20H,2-8,12H2,1H3. The molecule has 1 unspecified atom stereocenters. The van der Waals surface area contributed by atoms with E-state index >= 15 is 0 Å². The molecule has 0 heterocycles. The van der Waals surface area contributed by atoms with Crippen molar-refractivity contribution in [3.8, 4) is 0 Å². The third-order valence-electron chi connectivity index (χ3n) is 4.53. The van der Waals surface area contributed by atoms with Gasteiger partial charge in [-0.25, -0.2) is 4.39 Å². The highest BCUT2D eigenvalue weighted by molar-refractivity contribution is 6.30. The van der Waals surface area contributed by atoms with Gasteiger partial charge in [0.1, 0.15) is 5.82 Å². The second kappa shape index (κ2) is 7.99. The Kier molecular flexibility index (Phi) is 6.31. The van der Waals surface area contributed by atoms with Gasteiger partial charge in [-0.2, -0.15) is 0 Å². The van der Waals surface area contributed by atoms with E-state index in [-0.39, 0.29) is 10.8 Å². The van der Waals surface area contributed by atoms with Crippen LogP contribution < -0.4 is 5.32 Å². The average molecular weight is 298 g/mol. The maximum absolute atomic E-state index is 13.5. The maximum atomic E-state index is 13.5. The molecule has 0 amide bonds. The van der Waals surface area contributed by atoms with E-state index in [0.717, 1.165) is 12.0 Å². The van der Waals surface area contributed by atoms with Crippen LogP contribution >= 0.6 is 11.6 Å². The first-order valence-electron chi connectivity index (χ1n) is 7.82. The summed E-state index contributed by atoms with van der Waals surface area (Å²) >= 11 is 5.75. The highest BCUT2D eigenvalue weighted by Gasteiger charge is 2.21. The second-order valence-electron chi connectivity index (χ2n) is 5.95. The number of hydrogen-bond acceptors (Lipinski definition) is 1. The molecule has 0 bridgehead atoms. The van der Waals surface area contributed by atoms with Gasteiger partial charge in [0.15, 0.2) is 0 Å².